The Kier molecular flexibility index (Phi) is 2.17. The van der Waals surface area contributed by atoms with Gasteiger partial charge in [-0.15, -0.1) is 0 Å². The number of aromatic nitrogens is 1. The Morgan fingerprint density at radius 3 is 2.43 bits per heavy atom. The van der Waals surface area contributed by atoms with Crippen LogP contribution >= 0.6 is 15.9 Å². The van der Waals surface area contributed by atoms with Crippen LogP contribution in [0.4, 0.5) is 5.88 Å². The molecule has 0 spiro atoms. The number of nitrogen functional groups attached to an aromatic ring is 1. The average Bonchev–Trinajstić information content (AvgIpc) is 2.49. The molecule has 5 heteroatoms. The highest BCUT2D eigenvalue weighted by Gasteiger charge is 2.12. The topological polar surface area (TPSA) is 72.3 Å². The van der Waals surface area contributed by atoms with Crippen molar-refractivity contribution in [3.8, 4) is 16.9 Å². The first-order valence-electron chi connectivity index (χ1n) is 3.88. The average molecular weight is 255 g/mol. The third-order valence-corrected chi connectivity index (χ3v) is 2.37. The van der Waals surface area contributed by atoms with E-state index in [4.69, 9.17) is 15.4 Å². The van der Waals surface area contributed by atoms with Crippen molar-refractivity contribution >= 4 is 21.8 Å². The van der Waals surface area contributed by atoms with Crippen molar-refractivity contribution < 1.29 is 9.63 Å². The van der Waals surface area contributed by atoms with Gasteiger partial charge in [0.2, 0.25) is 5.88 Å². The van der Waals surface area contributed by atoms with E-state index in [9.17, 15) is 0 Å². The molecule has 0 aliphatic carbocycles. The zero-order valence-corrected chi connectivity index (χ0v) is 8.65. The minimum absolute atomic E-state index is 0.208. The van der Waals surface area contributed by atoms with Gasteiger partial charge in [0, 0.05) is 0 Å². The molecule has 3 N–H and O–H groups in total. The van der Waals surface area contributed by atoms with E-state index in [0.717, 1.165) is 5.56 Å². The van der Waals surface area contributed by atoms with E-state index < -0.39 is 0 Å². The Bertz CT molecular complexity index is 431. The second-order valence-electron chi connectivity index (χ2n) is 2.76. The van der Waals surface area contributed by atoms with Gasteiger partial charge in [0.25, 0.3) is 0 Å². The van der Waals surface area contributed by atoms with Crippen LogP contribution in [0, 0.1) is 0 Å². The predicted octanol–water partition coefficient (Wildman–Crippen LogP) is 2.39. The van der Waals surface area contributed by atoms with Crippen molar-refractivity contribution in [2.45, 2.75) is 0 Å². The van der Waals surface area contributed by atoms with E-state index >= 15 is 0 Å². The van der Waals surface area contributed by atoms with E-state index in [-0.39, 0.29) is 11.6 Å². The van der Waals surface area contributed by atoms with Gasteiger partial charge in [0.05, 0.1) is 5.56 Å². The lowest BCUT2D eigenvalue weighted by molar-refractivity contribution is 0.432. The van der Waals surface area contributed by atoms with Crippen LogP contribution in [-0.2, 0) is 0 Å². The molecule has 0 radical (unpaired) electrons. The number of aromatic hydroxyl groups is 1. The molecule has 0 saturated carbocycles. The summed E-state index contributed by atoms with van der Waals surface area (Å²) in [6.07, 6.45) is 0. The number of rotatable bonds is 1. The van der Waals surface area contributed by atoms with Crippen LogP contribution in [-0.4, -0.2) is 10.3 Å². The molecule has 1 aromatic carbocycles. The van der Waals surface area contributed by atoms with E-state index in [2.05, 4.69) is 21.1 Å². The monoisotopic (exact) mass is 254 g/mol. The summed E-state index contributed by atoms with van der Waals surface area (Å²) in [5.74, 6) is 0.461. The van der Waals surface area contributed by atoms with Crippen LogP contribution in [0.25, 0.3) is 11.1 Å². The first-order valence-corrected chi connectivity index (χ1v) is 4.68. The van der Waals surface area contributed by atoms with Crippen molar-refractivity contribution in [1.82, 2.24) is 5.16 Å². The molecule has 0 aliphatic rings. The number of benzene rings is 1. The molecular weight excluding hydrogens is 248 g/mol. The fourth-order valence-electron chi connectivity index (χ4n) is 1.17. The molecule has 1 heterocycles. The minimum atomic E-state index is 0.208. The lowest BCUT2D eigenvalue weighted by Crippen LogP contribution is -1.84. The SMILES string of the molecule is Nc1onc(Br)c1-c1ccc(O)cc1. The molecule has 4 nitrogen and oxygen atoms in total. The highest BCUT2D eigenvalue weighted by molar-refractivity contribution is 9.10. The lowest BCUT2D eigenvalue weighted by atomic mass is 10.1. The third kappa shape index (κ3) is 1.46. The first-order chi connectivity index (χ1) is 6.68. The standard InChI is InChI=1S/C9H7BrN2O2/c10-8-7(9(11)14-12-8)5-1-3-6(13)4-2-5/h1-4,13H,11H2. The lowest BCUT2D eigenvalue weighted by Gasteiger charge is -1.98. The summed E-state index contributed by atoms with van der Waals surface area (Å²) in [4.78, 5) is 0. The van der Waals surface area contributed by atoms with Crippen LogP contribution in [0.15, 0.2) is 33.4 Å². The number of hydrogen-bond acceptors (Lipinski definition) is 4. The fourth-order valence-corrected chi connectivity index (χ4v) is 1.67. The molecule has 2 rings (SSSR count). The van der Waals surface area contributed by atoms with Crippen LogP contribution in [0.3, 0.4) is 0 Å². The van der Waals surface area contributed by atoms with Gasteiger partial charge < -0.3 is 15.4 Å². The Morgan fingerprint density at radius 1 is 1.29 bits per heavy atom. The molecule has 0 amide bonds. The molecule has 14 heavy (non-hydrogen) atoms. The van der Waals surface area contributed by atoms with Gasteiger partial charge >= 0.3 is 0 Å². The fraction of sp³-hybridized carbons (Fsp3) is 0. The summed E-state index contributed by atoms with van der Waals surface area (Å²) in [7, 11) is 0. The van der Waals surface area contributed by atoms with Gasteiger partial charge in [-0.2, -0.15) is 0 Å². The summed E-state index contributed by atoms with van der Waals surface area (Å²) >= 11 is 3.22. The molecule has 0 fully saturated rings. The van der Waals surface area contributed by atoms with Crippen LogP contribution < -0.4 is 5.73 Å². The summed E-state index contributed by atoms with van der Waals surface area (Å²) in [5.41, 5.74) is 7.13. The molecule has 0 unspecified atom stereocenters. The van der Waals surface area contributed by atoms with Gasteiger partial charge in [-0.25, -0.2) is 0 Å². The smallest absolute Gasteiger partial charge is 0.231 e. The molecule has 0 aliphatic heterocycles. The predicted molar refractivity (Wildman–Crippen MR) is 55.7 cm³/mol. The Morgan fingerprint density at radius 2 is 1.93 bits per heavy atom. The van der Waals surface area contributed by atoms with Gasteiger partial charge in [-0.05, 0) is 33.6 Å². The van der Waals surface area contributed by atoms with Crippen molar-refractivity contribution in [1.29, 1.82) is 0 Å². The number of hydrogen-bond donors (Lipinski definition) is 2. The maximum atomic E-state index is 9.11. The number of phenolic OH excluding ortho intramolecular Hbond substituents is 1. The van der Waals surface area contributed by atoms with Crippen molar-refractivity contribution in [3.63, 3.8) is 0 Å². The molecule has 2 aromatic rings. The quantitative estimate of drug-likeness (QED) is 0.820. The van der Waals surface area contributed by atoms with Gasteiger partial charge in [-0.3, -0.25) is 0 Å². The van der Waals surface area contributed by atoms with E-state index in [0.29, 0.717) is 10.2 Å². The van der Waals surface area contributed by atoms with E-state index in [1.807, 2.05) is 0 Å². The highest BCUT2D eigenvalue weighted by Crippen LogP contribution is 2.33. The second-order valence-corrected chi connectivity index (χ2v) is 3.51. The highest BCUT2D eigenvalue weighted by atomic mass is 79.9. The van der Waals surface area contributed by atoms with Crippen molar-refractivity contribution in [2.24, 2.45) is 0 Å². The number of phenols is 1. The van der Waals surface area contributed by atoms with Crippen LogP contribution in [0.5, 0.6) is 5.75 Å². The van der Waals surface area contributed by atoms with E-state index in [1.165, 1.54) is 0 Å². The summed E-state index contributed by atoms with van der Waals surface area (Å²) < 4.78 is 5.35. The largest absolute Gasteiger partial charge is 0.508 e. The van der Waals surface area contributed by atoms with Crippen molar-refractivity contribution in [3.05, 3.63) is 28.9 Å². The molecule has 0 atom stereocenters. The Labute approximate surface area is 88.5 Å². The maximum Gasteiger partial charge on any atom is 0.231 e. The Balaban J connectivity index is 2.54. The first kappa shape index (κ1) is 9.08. The Hall–Kier alpha value is -1.49. The number of nitrogens with two attached hydrogens (primary N) is 1. The van der Waals surface area contributed by atoms with Gasteiger partial charge in [-0.1, -0.05) is 17.3 Å². The number of anilines is 1. The molecule has 72 valence electrons. The van der Waals surface area contributed by atoms with Crippen LogP contribution in [0.1, 0.15) is 0 Å². The minimum Gasteiger partial charge on any atom is -0.508 e. The molecule has 0 bridgehead atoms. The van der Waals surface area contributed by atoms with Gasteiger partial charge in [0.1, 0.15) is 5.75 Å². The van der Waals surface area contributed by atoms with E-state index in [1.54, 1.807) is 24.3 Å². The second kappa shape index (κ2) is 3.34. The summed E-state index contributed by atoms with van der Waals surface area (Å²) in [6.45, 7) is 0. The van der Waals surface area contributed by atoms with Crippen molar-refractivity contribution in [2.75, 3.05) is 5.73 Å². The maximum absolute atomic E-state index is 9.11. The summed E-state index contributed by atoms with van der Waals surface area (Å²) in [5, 5.41) is 12.8. The third-order valence-electron chi connectivity index (χ3n) is 1.83. The molecular formula is C9H7BrN2O2. The number of halogens is 1. The summed E-state index contributed by atoms with van der Waals surface area (Å²) in [6, 6.07) is 6.63. The molecule has 0 saturated heterocycles. The van der Waals surface area contributed by atoms with Gasteiger partial charge in [0.15, 0.2) is 4.60 Å². The zero-order valence-electron chi connectivity index (χ0n) is 7.07. The molecule has 1 aromatic heterocycles. The zero-order chi connectivity index (χ0) is 10.1. The normalized spacial score (nSPS) is 10.4. The number of nitrogens with zero attached hydrogens (tertiary/aromatic N) is 1. The van der Waals surface area contributed by atoms with Crippen LogP contribution in [0.2, 0.25) is 0 Å².